The maximum Gasteiger partial charge on any atom is 0.0456 e. The lowest BCUT2D eigenvalue weighted by Crippen LogP contribution is -2.49. The van der Waals surface area contributed by atoms with Crippen LogP contribution >= 0.6 is 0 Å². The number of nitrogens with one attached hydrogen (secondary N) is 1. The van der Waals surface area contributed by atoms with E-state index in [1.807, 2.05) is 0 Å². The van der Waals surface area contributed by atoms with Gasteiger partial charge in [-0.3, -0.25) is 4.90 Å². The van der Waals surface area contributed by atoms with E-state index in [2.05, 4.69) is 59.4 Å². The van der Waals surface area contributed by atoms with Gasteiger partial charge in [-0.15, -0.1) is 0 Å². The smallest absolute Gasteiger partial charge is 0.0456 e. The fraction of sp³-hybridized carbons (Fsp3) is 0.474. The molecule has 0 radical (unpaired) electrons. The summed E-state index contributed by atoms with van der Waals surface area (Å²) in [5, 5.41) is 1.39. The zero-order valence-corrected chi connectivity index (χ0v) is 12.8. The van der Waals surface area contributed by atoms with Gasteiger partial charge in [0.15, 0.2) is 0 Å². The molecule has 1 saturated heterocycles. The van der Waals surface area contributed by atoms with Crippen LogP contribution in [0.4, 0.5) is 0 Å². The molecule has 2 aliphatic heterocycles. The van der Waals surface area contributed by atoms with Crippen LogP contribution in [0.15, 0.2) is 42.6 Å². The van der Waals surface area contributed by atoms with E-state index < -0.39 is 0 Å². The molecule has 110 valence electrons. The molecule has 0 saturated carbocycles. The number of benzene rings is 1. The van der Waals surface area contributed by atoms with E-state index in [0.717, 1.165) is 18.3 Å². The number of piperidine rings is 1. The van der Waals surface area contributed by atoms with Crippen LogP contribution < -0.4 is 0 Å². The molecule has 5 rings (SSSR count). The summed E-state index contributed by atoms with van der Waals surface area (Å²) in [5.74, 6) is 1.72. The van der Waals surface area contributed by atoms with Crippen molar-refractivity contribution in [1.29, 1.82) is 0 Å². The maximum absolute atomic E-state index is 3.39. The van der Waals surface area contributed by atoms with Crippen molar-refractivity contribution in [1.82, 2.24) is 9.88 Å². The van der Waals surface area contributed by atoms with E-state index >= 15 is 0 Å². The Labute approximate surface area is 126 Å². The molecule has 1 N–H and O–H groups in total. The Bertz CT molecular complexity index is 654. The highest BCUT2D eigenvalue weighted by Gasteiger charge is 2.35. The highest BCUT2D eigenvalue weighted by Crippen LogP contribution is 2.36. The second kappa shape index (κ2) is 5.34. The number of rotatable bonds is 4. The van der Waals surface area contributed by atoms with Crippen LogP contribution in [-0.4, -0.2) is 29.0 Å². The molecule has 3 heterocycles. The molecule has 3 atom stereocenters. The summed E-state index contributed by atoms with van der Waals surface area (Å²) in [5.41, 5.74) is 2.72. The Kier molecular flexibility index (Phi) is 3.34. The topological polar surface area (TPSA) is 19.0 Å². The summed E-state index contributed by atoms with van der Waals surface area (Å²) in [6.07, 6.45) is 11.0. The van der Waals surface area contributed by atoms with Gasteiger partial charge in [0.25, 0.3) is 0 Å². The lowest BCUT2D eigenvalue weighted by molar-refractivity contribution is 0.0895. The van der Waals surface area contributed by atoms with Crippen molar-refractivity contribution in [2.75, 3.05) is 13.1 Å². The quantitative estimate of drug-likeness (QED) is 0.839. The summed E-state index contributed by atoms with van der Waals surface area (Å²) in [7, 11) is 0. The second-order valence-corrected chi connectivity index (χ2v) is 6.62. The average molecular weight is 280 g/mol. The van der Waals surface area contributed by atoms with Gasteiger partial charge < -0.3 is 4.98 Å². The Morgan fingerprint density at radius 3 is 2.95 bits per heavy atom. The summed E-state index contributed by atoms with van der Waals surface area (Å²) < 4.78 is 0. The molecule has 21 heavy (non-hydrogen) atoms. The van der Waals surface area contributed by atoms with Gasteiger partial charge in [0.1, 0.15) is 0 Å². The van der Waals surface area contributed by atoms with Crippen molar-refractivity contribution in [2.24, 2.45) is 11.8 Å². The SMILES string of the molecule is CCC1CC2C=CC1CN2CCc1c[nH]c2ccccc12. The van der Waals surface area contributed by atoms with E-state index in [-0.39, 0.29) is 0 Å². The van der Waals surface area contributed by atoms with Gasteiger partial charge in [-0.1, -0.05) is 43.7 Å². The second-order valence-electron chi connectivity index (χ2n) is 6.62. The molecule has 1 aromatic heterocycles. The van der Waals surface area contributed by atoms with Crippen LogP contribution in [0.3, 0.4) is 0 Å². The number of aromatic nitrogens is 1. The fourth-order valence-electron chi connectivity index (χ4n) is 4.21. The third-order valence-corrected chi connectivity index (χ3v) is 5.51. The Balaban J connectivity index is 1.45. The van der Waals surface area contributed by atoms with Gasteiger partial charge in [0.2, 0.25) is 0 Å². The molecular weight excluding hydrogens is 256 g/mol. The minimum absolute atomic E-state index is 0.685. The fourth-order valence-corrected chi connectivity index (χ4v) is 4.21. The molecule has 2 nitrogen and oxygen atoms in total. The third kappa shape index (κ3) is 2.32. The van der Waals surface area contributed by atoms with Crippen LogP contribution in [0.2, 0.25) is 0 Å². The molecule has 3 aliphatic rings. The van der Waals surface area contributed by atoms with Gasteiger partial charge in [-0.25, -0.2) is 0 Å². The van der Waals surface area contributed by atoms with E-state index in [9.17, 15) is 0 Å². The number of hydrogen-bond acceptors (Lipinski definition) is 1. The Morgan fingerprint density at radius 2 is 2.14 bits per heavy atom. The van der Waals surface area contributed by atoms with Crippen molar-refractivity contribution in [3.63, 3.8) is 0 Å². The molecule has 3 unspecified atom stereocenters. The minimum atomic E-state index is 0.685. The van der Waals surface area contributed by atoms with Crippen LogP contribution in [-0.2, 0) is 6.42 Å². The van der Waals surface area contributed by atoms with Crippen molar-refractivity contribution >= 4 is 10.9 Å². The first-order valence-corrected chi connectivity index (χ1v) is 8.32. The molecule has 1 aromatic carbocycles. The molecule has 0 spiro atoms. The maximum atomic E-state index is 3.39. The van der Waals surface area contributed by atoms with E-state index in [0.29, 0.717) is 6.04 Å². The summed E-state index contributed by atoms with van der Waals surface area (Å²) in [6, 6.07) is 9.32. The first kappa shape index (κ1) is 13.1. The first-order chi connectivity index (χ1) is 10.3. The van der Waals surface area contributed by atoms with Crippen LogP contribution in [0, 0.1) is 11.8 Å². The predicted molar refractivity (Wildman–Crippen MR) is 88.4 cm³/mol. The van der Waals surface area contributed by atoms with E-state index in [1.165, 1.54) is 42.4 Å². The van der Waals surface area contributed by atoms with Crippen molar-refractivity contribution < 1.29 is 0 Å². The molecule has 1 aliphatic carbocycles. The largest absolute Gasteiger partial charge is 0.361 e. The van der Waals surface area contributed by atoms with Crippen molar-refractivity contribution in [3.8, 4) is 0 Å². The summed E-state index contributed by atoms with van der Waals surface area (Å²) in [4.78, 5) is 6.09. The number of nitrogens with zero attached hydrogens (tertiary/aromatic N) is 1. The number of fused-ring (bicyclic) bond motifs is 3. The van der Waals surface area contributed by atoms with Gasteiger partial charge in [-0.05, 0) is 36.3 Å². The number of H-pyrrole nitrogens is 1. The highest BCUT2D eigenvalue weighted by atomic mass is 15.2. The highest BCUT2D eigenvalue weighted by molar-refractivity contribution is 5.83. The molecule has 2 heteroatoms. The molecule has 2 bridgehead atoms. The van der Waals surface area contributed by atoms with Crippen molar-refractivity contribution in [2.45, 2.75) is 32.2 Å². The standard InChI is InChI=1S/C19H24N2/c1-2-14-11-17-8-7-16(14)13-21(17)10-9-15-12-20-19-6-4-3-5-18(15)19/h3-8,12,14,16-17,20H,2,9-11,13H2,1H3. The number of para-hydroxylation sites is 1. The van der Waals surface area contributed by atoms with Crippen molar-refractivity contribution in [3.05, 3.63) is 48.2 Å². The first-order valence-electron chi connectivity index (χ1n) is 8.32. The zero-order valence-electron chi connectivity index (χ0n) is 12.8. The van der Waals surface area contributed by atoms with Gasteiger partial charge in [0.05, 0.1) is 0 Å². The number of aromatic amines is 1. The van der Waals surface area contributed by atoms with E-state index in [4.69, 9.17) is 0 Å². The lowest BCUT2D eigenvalue weighted by Gasteiger charge is -2.46. The molecule has 1 fully saturated rings. The van der Waals surface area contributed by atoms with Crippen LogP contribution in [0.1, 0.15) is 25.3 Å². The molecule has 2 aromatic rings. The minimum Gasteiger partial charge on any atom is -0.361 e. The van der Waals surface area contributed by atoms with E-state index in [1.54, 1.807) is 0 Å². The predicted octanol–water partition coefficient (Wildman–Crippen LogP) is 4.00. The Morgan fingerprint density at radius 1 is 1.24 bits per heavy atom. The monoisotopic (exact) mass is 280 g/mol. The summed E-state index contributed by atoms with van der Waals surface area (Å²) >= 11 is 0. The van der Waals surface area contributed by atoms with Crippen LogP contribution in [0.5, 0.6) is 0 Å². The van der Waals surface area contributed by atoms with Crippen LogP contribution in [0.25, 0.3) is 10.9 Å². The van der Waals surface area contributed by atoms with Gasteiger partial charge >= 0.3 is 0 Å². The normalized spacial score (nSPS) is 28.5. The van der Waals surface area contributed by atoms with Gasteiger partial charge in [0, 0.05) is 36.2 Å². The zero-order chi connectivity index (χ0) is 14.2. The third-order valence-electron chi connectivity index (χ3n) is 5.51. The summed E-state index contributed by atoms with van der Waals surface area (Å²) in [6.45, 7) is 4.79. The number of hydrogen-bond donors (Lipinski definition) is 1. The lowest BCUT2D eigenvalue weighted by atomic mass is 9.75. The van der Waals surface area contributed by atoms with Gasteiger partial charge in [-0.2, -0.15) is 0 Å². The molecule has 0 amide bonds. The average Bonchev–Trinajstić information content (AvgIpc) is 2.96. The Hall–Kier alpha value is -1.54. The molecular formula is C19H24N2.